The Labute approximate surface area is 122 Å². The van der Waals surface area contributed by atoms with E-state index in [1.165, 1.54) is 18.2 Å². The predicted octanol–water partition coefficient (Wildman–Crippen LogP) is 2.43. The van der Waals surface area contributed by atoms with Gasteiger partial charge in [0.15, 0.2) is 0 Å². The molecule has 0 fully saturated rings. The van der Waals surface area contributed by atoms with Crippen molar-refractivity contribution >= 4 is 11.6 Å². The number of anilines is 1. The summed E-state index contributed by atoms with van der Waals surface area (Å²) in [5, 5.41) is 11.8. The molecule has 2 aromatic rings. The van der Waals surface area contributed by atoms with Crippen LogP contribution in [0.1, 0.15) is 29.9 Å². The van der Waals surface area contributed by atoms with Gasteiger partial charge in [0.05, 0.1) is 11.5 Å². The summed E-state index contributed by atoms with van der Waals surface area (Å²) in [6.07, 6.45) is 0. The molecule has 2 N–H and O–H groups in total. The van der Waals surface area contributed by atoms with Gasteiger partial charge in [-0.05, 0) is 37.6 Å². The van der Waals surface area contributed by atoms with Crippen LogP contribution in [0.5, 0.6) is 0 Å². The number of hydrogen-bond acceptors (Lipinski definition) is 3. The number of hydrogen-bond donors (Lipinski definition) is 2. The van der Waals surface area contributed by atoms with Gasteiger partial charge in [0, 0.05) is 11.8 Å². The zero-order valence-corrected chi connectivity index (χ0v) is 11.8. The van der Waals surface area contributed by atoms with Gasteiger partial charge < -0.3 is 10.3 Å². The Morgan fingerprint density at radius 2 is 1.86 bits per heavy atom. The highest BCUT2D eigenvalue weighted by Crippen LogP contribution is 2.23. The molecule has 0 aliphatic heterocycles. The van der Waals surface area contributed by atoms with Crippen molar-refractivity contribution in [3.05, 3.63) is 64.1 Å². The van der Waals surface area contributed by atoms with Gasteiger partial charge in [-0.15, -0.1) is 0 Å². The predicted molar refractivity (Wildman–Crippen MR) is 80.1 cm³/mol. The van der Waals surface area contributed by atoms with Crippen LogP contribution in [-0.2, 0) is 5.41 Å². The number of carbonyl (C=O) groups is 1. The Bertz CT molecular complexity index is 752. The molecule has 1 aromatic carbocycles. The van der Waals surface area contributed by atoms with Gasteiger partial charge in [0.1, 0.15) is 5.69 Å². The lowest BCUT2D eigenvalue weighted by molar-refractivity contribution is 0.102. The van der Waals surface area contributed by atoms with Crippen LogP contribution in [0, 0.1) is 11.3 Å². The Hall–Kier alpha value is -2.87. The minimum Gasteiger partial charge on any atom is -0.321 e. The first-order chi connectivity index (χ1) is 9.92. The first-order valence-electron chi connectivity index (χ1n) is 6.45. The summed E-state index contributed by atoms with van der Waals surface area (Å²) in [6.45, 7) is 3.66. The summed E-state index contributed by atoms with van der Waals surface area (Å²) in [5.41, 5.74) is 0.767. The monoisotopic (exact) mass is 281 g/mol. The van der Waals surface area contributed by atoms with Crippen molar-refractivity contribution in [2.45, 2.75) is 19.3 Å². The molecule has 1 heterocycles. The minimum absolute atomic E-state index is 0.198. The number of nitriles is 1. The third-order valence-corrected chi connectivity index (χ3v) is 3.16. The van der Waals surface area contributed by atoms with E-state index in [0.29, 0.717) is 5.69 Å². The average molecular weight is 281 g/mol. The van der Waals surface area contributed by atoms with Gasteiger partial charge in [-0.25, -0.2) is 0 Å². The molecular weight excluding hydrogens is 266 g/mol. The number of amides is 1. The van der Waals surface area contributed by atoms with Gasteiger partial charge in [-0.3, -0.25) is 9.59 Å². The summed E-state index contributed by atoms with van der Waals surface area (Å²) in [7, 11) is 0. The van der Waals surface area contributed by atoms with Gasteiger partial charge in [-0.2, -0.15) is 5.26 Å². The number of aromatic amines is 1. The number of nitrogens with one attached hydrogen (secondary N) is 2. The molecule has 2 rings (SSSR count). The third-order valence-electron chi connectivity index (χ3n) is 3.16. The lowest BCUT2D eigenvalue weighted by Crippen LogP contribution is -2.18. The standard InChI is InChI=1S/C16H15N3O2/c1-16(2,10-17)11-6-8-12(9-7-11)18-15(21)13-4-3-5-14(20)19-13/h3-9H,1-2H3,(H,18,21)(H,19,20). The van der Waals surface area contributed by atoms with E-state index in [4.69, 9.17) is 5.26 Å². The molecule has 1 amide bonds. The smallest absolute Gasteiger partial charge is 0.272 e. The van der Waals surface area contributed by atoms with Gasteiger partial charge >= 0.3 is 0 Å². The normalized spacial score (nSPS) is 10.7. The summed E-state index contributed by atoms with van der Waals surface area (Å²) in [6, 6.07) is 13.7. The molecule has 21 heavy (non-hydrogen) atoms. The molecule has 5 nitrogen and oxygen atoms in total. The number of carbonyl (C=O) groups excluding carboxylic acids is 1. The van der Waals surface area contributed by atoms with Crippen LogP contribution >= 0.6 is 0 Å². The summed E-state index contributed by atoms with van der Waals surface area (Å²) < 4.78 is 0. The Morgan fingerprint density at radius 3 is 2.43 bits per heavy atom. The summed E-state index contributed by atoms with van der Waals surface area (Å²) >= 11 is 0. The minimum atomic E-state index is -0.576. The maximum absolute atomic E-state index is 12.0. The molecule has 0 bridgehead atoms. The van der Waals surface area contributed by atoms with E-state index in [2.05, 4.69) is 16.4 Å². The van der Waals surface area contributed by atoms with E-state index in [9.17, 15) is 9.59 Å². The van der Waals surface area contributed by atoms with Crippen molar-refractivity contribution in [3.8, 4) is 6.07 Å². The van der Waals surface area contributed by atoms with Gasteiger partial charge in [0.25, 0.3) is 5.91 Å². The zero-order chi connectivity index (χ0) is 15.5. The van der Waals surface area contributed by atoms with Crippen LogP contribution in [0.2, 0.25) is 0 Å². The molecule has 0 radical (unpaired) electrons. The largest absolute Gasteiger partial charge is 0.321 e. The number of benzene rings is 1. The highest BCUT2D eigenvalue weighted by atomic mass is 16.2. The zero-order valence-electron chi connectivity index (χ0n) is 11.8. The maximum Gasteiger partial charge on any atom is 0.272 e. The number of aromatic nitrogens is 1. The first-order valence-corrected chi connectivity index (χ1v) is 6.45. The highest BCUT2D eigenvalue weighted by Gasteiger charge is 2.19. The van der Waals surface area contributed by atoms with Crippen molar-refractivity contribution in [3.63, 3.8) is 0 Å². The molecule has 0 spiro atoms. The molecule has 0 saturated heterocycles. The van der Waals surface area contributed by atoms with Gasteiger partial charge in [-0.1, -0.05) is 18.2 Å². The van der Waals surface area contributed by atoms with E-state index in [-0.39, 0.29) is 17.2 Å². The maximum atomic E-state index is 12.0. The summed E-state index contributed by atoms with van der Waals surface area (Å²) in [5.74, 6) is -0.389. The molecular formula is C16H15N3O2. The van der Waals surface area contributed by atoms with Crippen molar-refractivity contribution in [2.24, 2.45) is 0 Å². The van der Waals surface area contributed by atoms with Gasteiger partial charge in [0.2, 0.25) is 5.56 Å². The Balaban J connectivity index is 2.16. The number of rotatable bonds is 3. The van der Waals surface area contributed by atoms with E-state index < -0.39 is 5.41 Å². The van der Waals surface area contributed by atoms with Crippen LogP contribution in [0.4, 0.5) is 5.69 Å². The van der Waals surface area contributed by atoms with Crippen molar-refractivity contribution in [2.75, 3.05) is 5.32 Å². The third kappa shape index (κ3) is 3.37. The van der Waals surface area contributed by atoms with E-state index >= 15 is 0 Å². The second-order valence-corrected chi connectivity index (χ2v) is 5.20. The van der Waals surface area contributed by atoms with E-state index in [0.717, 1.165) is 5.56 Å². The highest BCUT2D eigenvalue weighted by molar-refractivity contribution is 6.02. The van der Waals surface area contributed by atoms with E-state index in [1.807, 2.05) is 13.8 Å². The van der Waals surface area contributed by atoms with E-state index in [1.54, 1.807) is 24.3 Å². The van der Waals surface area contributed by atoms with Crippen LogP contribution in [0.15, 0.2) is 47.3 Å². The van der Waals surface area contributed by atoms with Crippen molar-refractivity contribution in [1.29, 1.82) is 5.26 Å². The fourth-order valence-electron chi connectivity index (χ4n) is 1.81. The van der Waals surface area contributed by atoms with Crippen LogP contribution < -0.4 is 10.9 Å². The van der Waals surface area contributed by atoms with Crippen LogP contribution in [-0.4, -0.2) is 10.9 Å². The second kappa shape index (κ2) is 5.63. The van der Waals surface area contributed by atoms with Crippen LogP contribution in [0.3, 0.4) is 0 Å². The molecule has 0 unspecified atom stereocenters. The fourth-order valence-corrected chi connectivity index (χ4v) is 1.81. The summed E-state index contributed by atoms with van der Waals surface area (Å²) in [4.78, 5) is 25.6. The molecule has 0 aliphatic carbocycles. The first kappa shape index (κ1) is 14.5. The lowest BCUT2D eigenvalue weighted by atomic mass is 9.86. The number of pyridine rings is 1. The quantitative estimate of drug-likeness (QED) is 0.906. The fraction of sp³-hybridized carbons (Fsp3) is 0.188. The number of H-pyrrole nitrogens is 1. The molecule has 0 saturated carbocycles. The topological polar surface area (TPSA) is 85.8 Å². The number of nitrogens with zero attached hydrogens (tertiary/aromatic N) is 1. The second-order valence-electron chi connectivity index (χ2n) is 5.20. The molecule has 1 aromatic heterocycles. The average Bonchev–Trinajstić information content (AvgIpc) is 2.48. The molecule has 0 aliphatic rings. The lowest BCUT2D eigenvalue weighted by Gasteiger charge is -2.16. The molecule has 5 heteroatoms. The van der Waals surface area contributed by atoms with Crippen molar-refractivity contribution in [1.82, 2.24) is 4.98 Å². The SMILES string of the molecule is CC(C)(C#N)c1ccc(NC(=O)c2cccc(=O)[nH]2)cc1. The van der Waals surface area contributed by atoms with Crippen LogP contribution in [0.25, 0.3) is 0 Å². The Morgan fingerprint density at radius 1 is 1.19 bits per heavy atom. The molecule has 0 atom stereocenters. The Kier molecular flexibility index (Phi) is 3.90. The molecule has 106 valence electrons. The van der Waals surface area contributed by atoms with Crippen molar-refractivity contribution < 1.29 is 4.79 Å².